The molecule has 3 rings (SSSR count). The maximum absolute atomic E-state index is 12.8. The smallest absolute Gasteiger partial charge is 0.273 e. The molecule has 170 valence electrons. The van der Waals surface area contributed by atoms with E-state index in [-0.39, 0.29) is 17.5 Å². The van der Waals surface area contributed by atoms with Crippen molar-refractivity contribution in [3.05, 3.63) is 63.1 Å². The van der Waals surface area contributed by atoms with E-state index in [9.17, 15) is 9.59 Å². The standard InChI is InChI=1S/C23H29BrN6O2/c1-6-29-13-19(21(28-29)23(32)25-11-14(2)3)26-22(31)18-9-7-17(8-10-18)12-30-16(5)20(24)15(4)27-30/h7-10,13-14H,6,11-12H2,1-5H3,(H,25,32)(H,26,31). The first-order valence-corrected chi connectivity index (χ1v) is 11.4. The van der Waals surface area contributed by atoms with Gasteiger partial charge in [-0.2, -0.15) is 10.2 Å². The minimum absolute atomic E-state index is 0.215. The number of nitrogens with one attached hydrogen (secondary N) is 2. The van der Waals surface area contributed by atoms with Gasteiger partial charge in [-0.3, -0.25) is 19.0 Å². The fraction of sp³-hybridized carbons (Fsp3) is 0.391. The Bertz CT molecular complexity index is 1110. The maximum atomic E-state index is 12.8. The molecule has 8 nitrogen and oxygen atoms in total. The number of carbonyl (C=O) groups is 2. The third-order valence-electron chi connectivity index (χ3n) is 5.06. The molecule has 0 radical (unpaired) electrons. The van der Waals surface area contributed by atoms with E-state index in [0.29, 0.717) is 36.8 Å². The van der Waals surface area contributed by atoms with Gasteiger partial charge in [-0.1, -0.05) is 26.0 Å². The molecule has 0 bridgehead atoms. The van der Waals surface area contributed by atoms with Gasteiger partial charge in [0, 0.05) is 24.8 Å². The molecule has 0 aliphatic rings. The molecule has 2 amide bonds. The van der Waals surface area contributed by atoms with Gasteiger partial charge in [0.15, 0.2) is 5.69 Å². The summed E-state index contributed by atoms with van der Waals surface area (Å²) in [4.78, 5) is 25.4. The van der Waals surface area contributed by atoms with E-state index >= 15 is 0 Å². The monoisotopic (exact) mass is 500 g/mol. The Morgan fingerprint density at radius 3 is 2.34 bits per heavy atom. The molecule has 2 aromatic heterocycles. The number of rotatable bonds is 8. The molecule has 0 spiro atoms. The van der Waals surface area contributed by atoms with E-state index in [0.717, 1.165) is 21.4 Å². The minimum atomic E-state index is -0.299. The number of nitrogens with zero attached hydrogens (tertiary/aromatic N) is 4. The van der Waals surface area contributed by atoms with Crippen LogP contribution in [-0.4, -0.2) is 37.9 Å². The molecule has 32 heavy (non-hydrogen) atoms. The van der Waals surface area contributed by atoms with Crippen molar-refractivity contribution < 1.29 is 9.59 Å². The van der Waals surface area contributed by atoms with Crippen LogP contribution >= 0.6 is 15.9 Å². The van der Waals surface area contributed by atoms with Crippen molar-refractivity contribution in [3.8, 4) is 0 Å². The highest BCUT2D eigenvalue weighted by molar-refractivity contribution is 9.10. The fourth-order valence-electron chi connectivity index (χ4n) is 3.18. The van der Waals surface area contributed by atoms with Crippen LogP contribution in [0.2, 0.25) is 0 Å². The summed E-state index contributed by atoms with van der Waals surface area (Å²) in [6, 6.07) is 7.36. The van der Waals surface area contributed by atoms with Crippen LogP contribution in [0.25, 0.3) is 0 Å². The molecule has 3 aromatic rings. The number of halogens is 1. The van der Waals surface area contributed by atoms with Gasteiger partial charge in [-0.15, -0.1) is 0 Å². The predicted octanol–water partition coefficient (Wildman–Crippen LogP) is 4.17. The number of anilines is 1. The average molecular weight is 501 g/mol. The van der Waals surface area contributed by atoms with Crippen molar-refractivity contribution in [1.82, 2.24) is 24.9 Å². The molecule has 0 aliphatic carbocycles. The zero-order chi connectivity index (χ0) is 23.4. The van der Waals surface area contributed by atoms with Crippen molar-refractivity contribution in [3.63, 3.8) is 0 Å². The van der Waals surface area contributed by atoms with E-state index in [1.165, 1.54) is 0 Å². The van der Waals surface area contributed by atoms with Crippen LogP contribution in [0.4, 0.5) is 5.69 Å². The van der Waals surface area contributed by atoms with E-state index in [2.05, 4.69) is 36.8 Å². The number of hydrogen-bond donors (Lipinski definition) is 2. The van der Waals surface area contributed by atoms with Crippen LogP contribution in [-0.2, 0) is 13.1 Å². The summed E-state index contributed by atoms with van der Waals surface area (Å²) in [5.74, 6) is -0.272. The van der Waals surface area contributed by atoms with E-state index in [1.807, 2.05) is 51.4 Å². The topological polar surface area (TPSA) is 93.8 Å². The first-order valence-electron chi connectivity index (χ1n) is 10.6. The van der Waals surface area contributed by atoms with Crippen LogP contribution < -0.4 is 10.6 Å². The summed E-state index contributed by atoms with van der Waals surface area (Å²) < 4.78 is 4.57. The van der Waals surface area contributed by atoms with Crippen molar-refractivity contribution in [1.29, 1.82) is 0 Å². The molecule has 0 fully saturated rings. The second-order valence-electron chi connectivity index (χ2n) is 8.14. The SMILES string of the molecule is CCn1cc(NC(=O)c2ccc(Cn3nc(C)c(Br)c3C)cc2)c(C(=O)NCC(C)C)n1. The first-order chi connectivity index (χ1) is 15.2. The molecule has 0 unspecified atom stereocenters. The highest BCUT2D eigenvalue weighted by atomic mass is 79.9. The fourth-order valence-corrected chi connectivity index (χ4v) is 3.47. The number of carbonyl (C=O) groups excluding carboxylic acids is 2. The van der Waals surface area contributed by atoms with Gasteiger partial charge in [-0.05, 0) is 60.3 Å². The Labute approximate surface area is 196 Å². The minimum Gasteiger partial charge on any atom is -0.350 e. The third-order valence-corrected chi connectivity index (χ3v) is 6.21. The van der Waals surface area contributed by atoms with E-state index in [1.54, 1.807) is 23.0 Å². The van der Waals surface area contributed by atoms with Gasteiger partial charge in [0.25, 0.3) is 11.8 Å². The summed E-state index contributed by atoms with van der Waals surface area (Å²) in [6.45, 7) is 11.7. The van der Waals surface area contributed by atoms with Crippen LogP contribution in [0.1, 0.15) is 58.6 Å². The Hall–Kier alpha value is -2.94. The summed E-state index contributed by atoms with van der Waals surface area (Å²) in [6.07, 6.45) is 1.68. The molecule has 0 saturated carbocycles. The molecule has 2 N–H and O–H groups in total. The van der Waals surface area contributed by atoms with E-state index in [4.69, 9.17) is 0 Å². The summed E-state index contributed by atoms with van der Waals surface area (Å²) in [5.41, 5.74) is 4.15. The highest BCUT2D eigenvalue weighted by Gasteiger charge is 2.19. The van der Waals surface area contributed by atoms with Crippen molar-refractivity contribution in [2.45, 2.75) is 47.7 Å². The Morgan fingerprint density at radius 2 is 1.78 bits per heavy atom. The molecule has 0 aliphatic heterocycles. The number of aryl methyl sites for hydroxylation is 2. The van der Waals surface area contributed by atoms with Gasteiger partial charge >= 0.3 is 0 Å². The number of aromatic nitrogens is 4. The third kappa shape index (κ3) is 5.45. The van der Waals surface area contributed by atoms with Gasteiger partial charge in [0.1, 0.15) is 0 Å². The second-order valence-corrected chi connectivity index (χ2v) is 8.94. The second kappa shape index (κ2) is 10.1. The lowest BCUT2D eigenvalue weighted by Crippen LogP contribution is -2.28. The molecule has 9 heteroatoms. The van der Waals surface area contributed by atoms with Gasteiger partial charge in [-0.25, -0.2) is 0 Å². The van der Waals surface area contributed by atoms with Gasteiger partial charge in [0.05, 0.1) is 28.1 Å². The zero-order valence-corrected chi connectivity index (χ0v) is 20.7. The lowest BCUT2D eigenvalue weighted by molar-refractivity contribution is 0.0944. The number of benzene rings is 1. The average Bonchev–Trinajstić information content (AvgIpc) is 3.28. The van der Waals surface area contributed by atoms with Gasteiger partial charge < -0.3 is 10.6 Å². The van der Waals surface area contributed by atoms with E-state index < -0.39 is 0 Å². The molecule has 0 atom stereocenters. The van der Waals surface area contributed by atoms with Crippen LogP contribution in [0.15, 0.2) is 34.9 Å². The summed E-state index contributed by atoms with van der Waals surface area (Å²) in [7, 11) is 0. The first kappa shape index (κ1) is 23.7. The van der Waals surface area contributed by atoms with Crippen molar-refractivity contribution in [2.24, 2.45) is 5.92 Å². The molecule has 0 saturated heterocycles. The maximum Gasteiger partial charge on any atom is 0.273 e. The molecule has 1 aromatic carbocycles. The lowest BCUT2D eigenvalue weighted by Gasteiger charge is -2.09. The predicted molar refractivity (Wildman–Crippen MR) is 128 cm³/mol. The molecular weight excluding hydrogens is 472 g/mol. The Kier molecular flexibility index (Phi) is 7.50. The van der Waals surface area contributed by atoms with Crippen LogP contribution in [0.5, 0.6) is 0 Å². The van der Waals surface area contributed by atoms with Crippen molar-refractivity contribution >= 4 is 33.4 Å². The summed E-state index contributed by atoms with van der Waals surface area (Å²) >= 11 is 3.54. The van der Waals surface area contributed by atoms with Gasteiger partial charge in [0.2, 0.25) is 0 Å². The van der Waals surface area contributed by atoms with Crippen LogP contribution in [0.3, 0.4) is 0 Å². The Morgan fingerprint density at radius 1 is 1.09 bits per heavy atom. The summed E-state index contributed by atoms with van der Waals surface area (Å²) in [5, 5.41) is 14.5. The van der Waals surface area contributed by atoms with Crippen molar-refractivity contribution in [2.75, 3.05) is 11.9 Å². The highest BCUT2D eigenvalue weighted by Crippen LogP contribution is 2.21. The quantitative estimate of drug-likeness (QED) is 0.485. The number of amides is 2. The lowest BCUT2D eigenvalue weighted by atomic mass is 10.1. The van der Waals surface area contributed by atoms with Crippen LogP contribution in [0, 0.1) is 19.8 Å². The normalized spacial score (nSPS) is 11.1. The Balaban J connectivity index is 1.72. The molecular formula is C23H29BrN6O2. The largest absolute Gasteiger partial charge is 0.350 e. The number of hydrogen-bond acceptors (Lipinski definition) is 4. The molecule has 2 heterocycles. The zero-order valence-electron chi connectivity index (χ0n) is 19.1.